The molecule has 0 unspecified atom stereocenters. The molecule has 3 heterocycles. The van der Waals surface area contributed by atoms with Crippen LogP contribution in [0.1, 0.15) is 40.2 Å². The lowest BCUT2D eigenvalue weighted by Crippen LogP contribution is -2.11. The van der Waals surface area contributed by atoms with Crippen LogP contribution in [0.2, 0.25) is 0 Å². The lowest BCUT2D eigenvalue weighted by molar-refractivity contribution is 0.185. The van der Waals surface area contributed by atoms with E-state index in [0.29, 0.717) is 6.61 Å². The number of aryl methyl sites for hydroxylation is 6. The van der Waals surface area contributed by atoms with Crippen LogP contribution in [0.15, 0.2) is 18.2 Å². The molecule has 4 rings (SSSR count). The normalized spacial score (nSPS) is 11.8. The number of nitrogens with zero attached hydrogens (tertiary/aromatic N) is 4. The largest absolute Gasteiger partial charge is 0.385 e. The third-order valence-corrected chi connectivity index (χ3v) is 6.28. The number of benzene rings is 1. The first-order valence-electron chi connectivity index (χ1n) is 11.3. The van der Waals surface area contributed by atoms with E-state index in [1.54, 1.807) is 14.2 Å². The molecule has 0 saturated carbocycles. The summed E-state index contributed by atoms with van der Waals surface area (Å²) >= 11 is 0. The van der Waals surface area contributed by atoms with Crippen LogP contribution in [0.25, 0.3) is 27.8 Å². The van der Waals surface area contributed by atoms with Gasteiger partial charge in [0.15, 0.2) is 5.65 Å². The minimum Gasteiger partial charge on any atom is -0.385 e. The Morgan fingerprint density at radius 1 is 0.844 bits per heavy atom. The fourth-order valence-corrected chi connectivity index (χ4v) is 4.97. The molecule has 6 heteroatoms. The average Bonchev–Trinajstić information content (AvgIpc) is 3.24. The van der Waals surface area contributed by atoms with Crippen molar-refractivity contribution in [3.8, 4) is 11.1 Å². The first kappa shape index (κ1) is 22.5. The molecule has 32 heavy (non-hydrogen) atoms. The van der Waals surface area contributed by atoms with Crippen LogP contribution < -0.4 is 0 Å². The van der Waals surface area contributed by atoms with E-state index in [1.807, 2.05) is 4.52 Å². The SMILES string of the molecule is COCCCc1cc2c(C)nc3c(-c4c(C)cc(C)cc4C)c(C)nn3c2n1CCOC. The minimum absolute atomic E-state index is 0.646. The van der Waals surface area contributed by atoms with Crippen LogP contribution in [0.5, 0.6) is 0 Å². The highest BCUT2D eigenvalue weighted by atomic mass is 16.5. The van der Waals surface area contributed by atoms with Crippen LogP contribution in [0.4, 0.5) is 0 Å². The minimum atomic E-state index is 0.646. The summed E-state index contributed by atoms with van der Waals surface area (Å²) in [5.74, 6) is 0. The molecule has 170 valence electrons. The van der Waals surface area contributed by atoms with Gasteiger partial charge in [-0.05, 0) is 70.2 Å². The maximum absolute atomic E-state index is 5.44. The van der Waals surface area contributed by atoms with Gasteiger partial charge in [0, 0.05) is 38.5 Å². The topological polar surface area (TPSA) is 53.6 Å². The van der Waals surface area contributed by atoms with E-state index >= 15 is 0 Å². The molecule has 0 fully saturated rings. The van der Waals surface area contributed by atoms with Crippen molar-refractivity contribution < 1.29 is 9.47 Å². The van der Waals surface area contributed by atoms with Gasteiger partial charge < -0.3 is 14.0 Å². The monoisotopic (exact) mass is 434 g/mol. The van der Waals surface area contributed by atoms with Crippen molar-refractivity contribution in [3.05, 3.63) is 52.0 Å². The second-order valence-corrected chi connectivity index (χ2v) is 8.78. The Hall–Kier alpha value is -2.70. The summed E-state index contributed by atoms with van der Waals surface area (Å²) in [5.41, 5.74) is 11.5. The predicted molar refractivity (Wildman–Crippen MR) is 130 cm³/mol. The average molecular weight is 435 g/mol. The van der Waals surface area contributed by atoms with Crippen molar-refractivity contribution >= 4 is 16.7 Å². The standard InChI is InChI=1S/C26H34N4O2/c1-16-13-17(2)23(18(3)14-16)24-20(5)28-30-25(24)27-19(4)22-15-21(9-8-11-31-6)29(26(22)30)10-12-32-7/h13-15H,8-12H2,1-7H3. The summed E-state index contributed by atoms with van der Waals surface area (Å²) in [6.07, 6.45) is 1.91. The second-order valence-electron chi connectivity index (χ2n) is 8.78. The van der Waals surface area contributed by atoms with Crippen LogP contribution in [-0.4, -0.2) is 46.6 Å². The molecule has 0 aliphatic carbocycles. The van der Waals surface area contributed by atoms with Crippen molar-refractivity contribution in [1.29, 1.82) is 0 Å². The highest BCUT2D eigenvalue weighted by Crippen LogP contribution is 2.35. The third-order valence-electron chi connectivity index (χ3n) is 6.28. The predicted octanol–water partition coefficient (Wildman–Crippen LogP) is 5.12. The summed E-state index contributed by atoms with van der Waals surface area (Å²) in [7, 11) is 3.50. The van der Waals surface area contributed by atoms with Gasteiger partial charge in [-0.3, -0.25) is 0 Å². The maximum atomic E-state index is 5.44. The Morgan fingerprint density at radius 3 is 2.19 bits per heavy atom. The van der Waals surface area contributed by atoms with Crippen LogP contribution in [0.3, 0.4) is 0 Å². The van der Waals surface area contributed by atoms with E-state index in [-0.39, 0.29) is 0 Å². The van der Waals surface area contributed by atoms with Gasteiger partial charge in [0.2, 0.25) is 0 Å². The van der Waals surface area contributed by atoms with Crippen LogP contribution in [0, 0.1) is 34.6 Å². The summed E-state index contributed by atoms with van der Waals surface area (Å²) < 4.78 is 15.1. The number of ether oxygens (including phenoxy) is 2. The van der Waals surface area contributed by atoms with Gasteiger partial charge in [-0.25, -0.2) is 4.98 Å². The van der Waals surface area contributed by atoms with Gasteiger partial charge in [0.25, 0.3) is 0 Å². The highest BCUT2D eigenvalue weighted by Gasteiger charge is 2.22. The van der Waals surface area contributed by atoms with Crippen molar-refractivity contribution in [2.75, 3.05) is 27.4 Å². The van der Waals surface area contributed by atoms with Crippen LogP contribution in [-0.2, 0) is 22.4 Å². The van der Waals surface area contributed by atoms with Crippen molar-refractivity contribution in [2.45, 2.75) is 54.0 Å². The molecular formula is C26H34N4O2. The molecule has 0 amide bonds. The van der Waals surface area contributed by atoms with Gasteiger partial charge in [-0.1, -0.05) is 17.7 Å². The van der Waals surface area contributed by atoms with E-state index in [4.69, 9.17) is 19.6 Å². The number of fused-ring (bicyclic) bond motifs is 3. The second kappa shape index (κ2) is 9.04. The van der Waals surface area contributed by atoms with Gasteiger partial charge in [-0.15, -0.1) is 0 Å². The summed E-state index contributed by atoms with van der Waals surface area (Å²) in [4.78, 5) is 5.07. The zero-order chi connectivity index (χ0) is 23.0. The maximum Gasteiger partial charge on any atom is 0.165 e. The molecule has 0 N–H and O–H groups in total. The van der Waals surface area contributed by atoms with E-state index in [1.165, 1.54) is 27.9 Å². The zero-order valence-corrected chi connectivity index (χ0v) is 20.4. The Morgan fingerprint density at radius 2 is 1.53 bits per heavy atom. The van der Waals surface area contributed by atoms with E-state index in [9.17, 15) is 0 Å². The molecule has 4 aromatic rings. The molecule has 0 saturated heterocycles. The van der Waals surface area contributed by atoms with Crippen molar-refractivity contribution in [3.63, 3.8) is 0 Å². The zero-order valence-electron chi connectivity index (χ0n) is 20.4. The Balaban J connectivity index is 2.01. The van der Waals surface area contributed by atoms with E-state index in [0.717, 1.165) is 59.6 Å². The summed E-state index contributed by atoms with van der Waals surface area (Å²) in [5, 5.41) is 6.16. The molecule has 0 atom stereocenters. The Labute approximate surface area is 190 Å². The molecule has 0 aliphatic heterocycles. The molecule has 0 spiro atoms. The number of aromatic nitrogens is 4. The molecule has 6 nitrogen and oxygen atoms in total. The first-order valence-corrected chi connectivity index (χ1v) is 11.3. The molecular weight excluding hydrogens is 400 g/mol. The van der Waals surface area contributed by atoms with Crippen LogP contribution >= 0.6 is 0 Å². The fourth-order valence-electron chi connectivity index (χ4n) is 4.97. The Kier molecular flexibility index (Phi) is 6.35. The van der Waals surface area contributed by atoms with E-state index in [2.05, 4.69) is 57.4 Å². The smallest absolute Gasteiger partial charge is 0.165 e. The molecule has 0 radical (unpaired) electrons. The fraction of sp³-hybridized carbons (Fsp3) is 0.462. The Bertz CT molecular complexity index is 1260. The lowest BCUT2D eigenvalue weighted by Gasteiger charge is -2.13. The summed E-state index contributed by atoms with van der Waals surface area (Å²) in [6.45, 7) is 12.9. The third kappa shape index (κ3) is 3.82. The van der Waals surface area contributed by atoms with Gasteiger partial charge in [-0.2, -0.15) is 9.61 Å². The van der Waals surface area contributed by atoms with Crippen molar-refractivity contribution in [2.24, 2.45) is 0 Å². The van der Waals surface area contributed by atoms with Gasteiger partial charge >= 0.3 is 0 Å². The number of hydrogen-bond donors (Lipinski definition) is 0. The first-order chi connectivity index (χ1) is 15.4. The van der Waals surface area contributed by atoms with Gasteiger partial charge in [0.1, 0.15) is 5.65 Å². The van der Waals surface area contributed by atoms with E-state index < -0.39 is 0 Å². The molecule has 0 aliphatic rings. The number of methoxy groups -OCH3 is 2. The number of rotatable bonds is 8. The van der Waals surface area contributed by atoms with Crippen molar-refractivity contribution in [1.82, 2.24) is 19.2 Å². The molecule has 0 bridgehead atoms. The molecule has 3 aromatic heterocycles. The summed E-state index contributed by atoms with van der Waals surface area (Å²) in [6, 6.07) is 6.75. The number of hydrogen-bond acceptors (Lipinski definition) is 4. The quantitative estimate of drug-likeness (QED) is 0.361. The van der Waals surface area contributed by atoms with Gasteiger partial charge in [0.05, 0.1) is 23.6 Å². The lowest BCUT2D eigenvalue weighted by atomic mass is 9.94. The molecule has 1 aromatic carbocycles. The highest BCUT2D eigenvalue weighted by molar-refractivity contribution is 5.90.